The molecule has 0 spiro atoms. The van der Waals surface area contributed by atoms with Gasteiger partial charge in [0.1, 0.15) is 17.0 Å². The van der Waals surface area contributed by atoms with Gasteiger partial charge in [-0.15, -0.1) is 0 Å². The first-order valence-electron chi connectivity index (χ1n) is 7.48. The van der Waals surface area contributed by atoms with Crippen molar-refractivity contribution in [3.05, 3.63) is 65.2 Å². The first kappa shape index (κ1) is 14.5. The van der Waals surface area contributed by atoms with E-state index in [1.165, 1.54) is 12.1 Å². The van der Waals surface area contributed by atoms with Crippen LogP contribution in [0.5, 0.6) is 0 Å². The molecule has 0 unspecified atom stereocenters. The summed E-state index contributed by atoms with van der Waals surface area (Å²) >= 11 is 0. The van der Waals surface area contributed by atoms with Crippen molar-refractivity contribution in [2.24, 2.45) is 5.16 Å². The molecule has 4 nitrogen and oxygen atoms in total. The average molecular weight is 323 g/mol. The minimum atomic E-state index is -0.274. The van der Waals surface area contributed by atoms with Gasteiger partial charge in [0, 0.05) is 17.0 Å². The Kier molecular flexibility index (Phi) is 3.16. The Labute approximate surface area is 136 Å². The summed E-state index contributed by atoms with van der Waals surface area (Å²) in [6, 6.07) is 9.86. The van der Waals surface area contributed by atoms with Crippen molar-refractivity contribution < 1.29 is 18.4 Å². The third-order valence-electron chi connectivity index (χ3n) is 4.21. The molecule has 120 valence electrons. The van der Waals surface area contributed by atoms with Crippen LogP contribution in [0.25, 0.3) is 33.1 Å². The molecule has 2 heterocycles. The summed E-state index contributed by atoms with van der Waals surface area (Å²) in [6.07, 6.45) is 1.67. The van der Waals surface area contributed by atoms with E-state index in [-0.39, 0.29) is 11.4 Å². The molecule has 0 aliphatic heterocycles. The molecule has 0 aliphatic carbocycles. The zero-order chi connectivity index (χ0) is 16.8. The Morgan fingerprint density at radius 2 is 1.71 bits per heavy atom. The van der Waals surface area contributed by atoms with Gasteiger partial charge in [-0.2, -0.15) is 0 Å². The van der Waals surface area contributed by atoms with E-state index >= 15 is 0 Å². The molecule has 2 aromatic carbocycles. The van der Waals surface area contributed by atoms with Crippen LogP contribution in [0.4, 0.5) is 4.39 Å². The van der Waals surface area contributed by atoms with Gasteiger partial charge in [0.05, 0.1) is 11.6 Å². The molecule has 5 heteroatoms. The Morgan fingerprint density at radius 3 is 2.42 bits per heavy atom. The standard InChI is InChI=1S/C19H14FNO3/c1-10-7-15-18(11(2)8-16(21-22)24-15)19-17(10)14(9-23-19)12-3-5-13(20)6-4-12/h3-9,22H,1-2H3/b21-16-. The fraction of sp³-hybridized carbons (Fsp3) is 0.105. The number of furan rings is 1. The summed E-state index contributed by atoms with van der Waals surface area (Å²) in [5.74, 6) is -0.274. The van der Waals surface area contributed by atoms with Gasteiger partial charge >= 0.3 is 0 Å². The first-order valence-corrected chi connectivity index (χ1v) is 7.48. The van der Waals surface area contributed by atoms with Crippen LogP contribution in [0.1, 0.15) is 11.1 Å². The van der Waals surface area contributed by atoms with Crippen LogP contribution < -0.4 is 5.55 Å². The Bertz CT molecular complexity index is 1140. The number of aryl methyl sites for hydroxylation is 2. The van der Waals surface area contributed by atoms with E-state index in [1.807, 2.05) is 19.9 Å². The highest BCUT2D eigenvalue weighted by Gasteiger charge is 2.16. The fourth-order valence-electron chi connectivity index (χ4n) is 3.13. The number of benzene rings is 2. The molecular formula is C19H14FNO3. The third kappa shape index (κ3) is 2.09. The van der Waals surface area contributed by atoms with Gasteiger partial charge < -0.3 is 14.0 Å². The summed E-state index contributed by atoms with van der Waals surface area (Å²) in [5.41, 5.74) is 5.07. The van der Waals surface area contributed by atoms with Gasteiger partial charge in [0.15, 0.2) is 0 Å². The molecule has 24 heavy (non-hydrogen) atoms. The number of nitrogens with zero attached hydrogens (tertiary/aromatic N) is 1. The summed E-state index contributed by atoms with van der Waals surface area (Å²) in [6.45, 7) is 3.86. The highest BCUT2D eigenvalue weighted by atomic mass is 19.1. The molecule has 0 atom stereocenters. The maximum atomic E-state index is 13.2. The van der Waals surface area contributed by atoms with Crippen LogP contribution in [-0.2, 0) is 0 Å². The lowest BCUT2D eigenvalue weighted by molar-refractivity contribution is 0.277. The highest BCUT2D eigenvalue weighted by Crippen LogP contribution is 2.38. The predicted molar refractivity (Wildman–Crippen MR) is 88.2 cm³/mol. The molecule has 0 saturated carbocycles. The maximum absolute atomic E-state index is 13.2. The average Bonchev–Trinajstić information content (AvgIpc) is 3.00. The monoisotopic (exact) mass is 323 g/mol. The SMILES string of the molecule is Cc1cc2o/c(=N\O)cc(C)c2c2occ(-c3ccc(F)cc3)c12. The molecule has 4 rings (SSSR count). The van der Waals surface area contributed by atoms with E-state index in [4.69, 9.17) is 14.0 Å². The molecular weight excluding hydrogens is 309 g/mol. The molecule has 4 aromatic rings. The van der Waals surface area contributed by atoms with Gasteiger partial charge in [0.25, 0.3) is 5.55 Å². The largest absolute Gasteiger partial charge is 0.463 e. The zero-order valence-electron chi connectivity index (χ0n) is 13.1. The summed E-state index contributed by atoms with van der Waals surface area (Å²) < 4.78 is 24.6. The normalized spacial score (nSPS) is 12.4. The Morgan fingerprint density at radius 1 is 1.00 bits per heavy atom. The number of hydrogen-bond acceptors (Lipinski definition) is 4. The quantitative estimate of drug-likeness (QED) is 0.401. The third-order valence-corrected chi connectivity index (χ3v) is 4.21. The second-order valence-electron chi connectivity index (χ2n) is 5.79. The topological polar surface area (TPSA) is 58.9 Å². The lowest BCUT2D eigenvalue weighted by Crippen LogP contribution is -2.01. The van der Waals surface area contributed by atoms with Crippen molar-refractivity contribution in [1.29, 1.82) is 0 Å². The predicted octanol–water partition coefficient (Wildman–Crippen LogP) is 4.89. The number of hydrogen-bond donors (Lipinski definition) is 1. The fourth-order valence-corrected chi connectivity index (χ4v) is 3.13. The van der Waals surface area contributed by atoms with Crippen molar-refractivity contribution in [3.8, 4) is 11.1 Å². The smallest absolute Gasteiger partial charge is 0.255 e. The molecule has 0 bridgehead atoms. The summed E-state index contributed by atoms with van der Waals surface area (Å²) in [7, 11) is 0. The summed E-state index contributed by atoms with van der Waals surface area (Å²) in [5, 5.41) is 13.9. The van der Waals surface area contributed by atoms with Crippen molar-refractivity contribution >= 4 is 21.9 Å². The van der Waals surface area contributed by atoms with Crippen LogP contribution in [0, 0.1) is 19.7 Å². The maximum Gasteiger partial charge on any atom is 0.255 e. The Hall–Kier alpha value is -3.08. The molecule has 0 radical (unpaired) electrons. The van der Waals surface area contributed by atoms with Gasteiger partial charge in [-0.25, -0.2) is 4.39 Å². The minimum absolute atomic E-state index is 0.143. The van der Waals surface area contributed by atoms with E-state index in [0.717, 1.165) is 33.0 Å². The van der Waals surface area contributed by atoms with Crippen LogP contribution in [-0.4, -0.2) is 5.21 Å². The van der Waals surface area contributed by atoms with Crippen molar-refractivity contribution in [2.75, 3.05) is 0 Å². The number of rotatable bonds is 1. The van der Waals surface area contributed by atoms with Gasteiger partial charge in [-0.05, 0) is 53.9 Å². The first-order chi connectivity index (χ1) is 11.6. The molecule has 0 amide bonds. The lowest BCUT2D eigenvalue weighted by Gasteiger charge is -2.06. The van der Waals surface area contributed by atoms with Gasteiger partial charge in [-0.1, -0.05) is 12.1 Å². The number of halogens is 1. The lowest BCUT2D eigenvalue weighted by atomic mass is 9.98. The number of fused-ring (bicyclic) bond motifs is 3. The molecule has 0 fully saturated rings. The molecule has 0 aliphatic rings. The Balaban J connectivity index is 2.10. The van der Waals surface area contributed by atoms with Gasteiger partial charge in [0.2, 0.25) is 0 Å². The van der Waals surface area contributed by atoms with Crippen molar-refractivity contribution in [3.63, 3.8) is 0 Å². The summed E-state index contributed by atoms with van der Waals surface area (Å²) in [4.78, 5) is 0. The van der Waals surface area contributed by atoms with E-state index in [2.05, 4.69) is 5.16 Å². The second-order valence-corrected chi connectivity index (χ2v) is 5.79. The molecule has 1 N–H and O–H groups in total. The van der Waals surface area contributed by atoms with Crippen LogP contribution in [0.15, 0.2) is 56.7 Å². The van der Waals surface area contributed by atoms with Crippen molar-refractivity contribution in [1.82, 2.24) is 0 Å². The van der Waals surface area contributed by atoms with Crippen LogP contribution in [0.2, 0.25) is 0 Å². The van der Waals surface area contributed by atoms with E-state index in [9.17, 15) is 4.39 Å². The van der Waals surface area contributed by atoms with Gasteiger partial charge in [-0.3, -0.25) is 0 Å². The van der Waals surface area contributed by atoms with Crippen LogP contribution >= 0.6 is 0 Å². The van der Waals surface area contributed by atoms with Crippen LogP contribution in [0.3, 0.4) is 0 Å². The van der Waals surface area contributed by atoms with E-state index < -0.39 is 0 Å². The second kappa shape index (κ2) is 5.23. The molecule has 2 aromatic heterocycles. The highest BCUT2D eigenvalue weighted by molar-refractivity contribution is 6.10. The zero-order valence-corrected chi connectivity index (χ0v) is 13.1. The molecule has 0 saturated heterocycles. The van der Waals surface area contributed by atoms with E-state index in [1.54, 1.807) is 24.5 Å². The van der Waals surface area contributed by atoms with E-state index in [0.29, 0.717) is 11.2 Å². The van der Waals surface area contributed by atoms with Crippen molar-refractivity contribution in [2.45, 2.75) is 13.8 Å². The minimum Gasteiger partial charge on any atom is -0.463 e.